The molecule has 232 valence electrons. The van der Waals surface area contributed by atoms with E-state index in [0.717, 1.165) is 16.0 Å². The summed E-state index contributed by atoms with van der Waals surface area (Å²) in [5.41, 5.74) is 1.71. The molecule has 1 heterocycles. The number of imide groups is 1. The third kappa shape index (κ3) is 4.42. The molecule has 44 heavy (non-hydrogen) atoms. The number of nitrogens with zero attached hydrogens (tertiary/aromatic N) is 1. The van der Waals surface area contributed by atoms with E-state index in [9.17, 15) is 42.3 Å². The van der Waals surface area contributed by atoms with Crippen molar-refractivity contribution in [3.8, 4) is 0 Å². The van der Waals surface area contributed by atoms with Gasteiger partial charge in [0.2, 0.25) is 11.8 Å². The lowest BCUT2D eigenvalue weighted by Crippen LogP contribution is -2.50. The third-order valence-corrected chi connectivity index (χ3v) is 10.6. The molecule has 0 radical (unpaired) electrons. The zero-order valence-electron chi connectivity index (χ0n) is 23.6. The zero-order valence-corrected chi connectivity index (χ0v) is 25.2. The maximum absolute atomic E-state index is 14.4. The fraction of sp³-hybridized carbons (Fsp3) is 0.387. The van der Waals surface area contributed by atoms with Crippen LogP contribution in [0.5, 0.6) is 0 Å². The molecule has 2 aromatic carbocycles. The smallest absolute Gasteiger partial charge is 0.480 e. The second-order valence-corrected chi connectivity index (χ2v) is 12.7. The molecule has 1 saturated heterocycles. The van der Waals surface area contributed by atoms with Gasteiger partial charge in [-0.15, -0.1) is 5.48 Å². The molecule has 5 atom stereocenters. The molecule has 2 amide bonds. The van der Waals surface area contributed by atoms with Gasteiger partial charge in [0.15, 0.2) is 5.78 Å². The highest BCUT2D eigenvalue weighted by Crippen LogP contribution is 2.77. The largest absolute Gasteiger partial charge is 0.492 e. The Morgan fingerprint density at radius 1 is 0.977 bits per heavy atom. The summed E-state index contributed by atoms with van der Waals surface area (Å²) >= 11 is 3.65. The number of rotatable bonds is 10. The van der Waals surface area contributed by atoms with Crippen LogP contribution in [0.1, 0.15) is 44.2 Å². The van der Waals surface area contributed by atoms with Crippen molar-refractivity contribution in [1.82, 2.24) is 10.4 Å². The Morgan fingerprint density at radius 2 is 1.52 bits per heavy atom. The molecule has 0 aromatic heterocycles. The van der Waals surface area contributed by atoms with Crippen molar-refractivity contribution >= 4 is 56.6 Å². The molecule has 3 aliphatic rings. The Kier molecular flexibility index (Phi) is 7.86. The number of ketones is 1. The van der Waals surface area contributed by atoms with Crippen LogP contribution in [-0.4, -0.2) is 62.6 Å². The summed E-state index contributed by atoms with van der Waals surface area (Å²) in [6.07, 6.45) is -5.40. The predicted molar refractivity (Wildman–Crippen MR) is 153 cm³/mol. The number of nitrogens with one attached hydrogen (secondary N) is 1. The standard InChI is InChI=1S/C31H28BrF3N2O7/c1-28-20(17-11-5-3-6-12-17)21(18-13-7-4-8-14-18)29(2,25(28)41)30(32)22(28)23(38)37(26(30)42)16-10-9-15-19(24(39)40)36-44-27(43)31(33,34)35/h3-8,11-14,19,22,36H,9-10,15-16H2,1-2H3,(H,39,40). The molecule has 2 bridgehead atoms. The predicted octanol–water partition coefficient (Wildman–Crippen LogP) is 4.56. The Labute approximate surface area is 258 Å². The number of alkyl halides is 4. The lowest BCUT2D eigenvalue weighted by Gasteiger charge is -2.41. The number of allylic oxidation sites excluding steroid dienone is 2. The summed E-state index contributed by atoms with van der Waals surface area (Å²) in [6.45, 7) is 3.29. The van der Waals surface area contributed by atoms with Crippen LogP contribution < -0.4 is 5.48 Å². The van der Waals surface area contributed by atoms with Crippen LogP contribution in [0.15, 0.2) is 60.7 Å². The Balaban J connectivity index is 1.41. The average molecular weight is 677 g/mol. The molecule has 5 rings (SSSR count). The van der Waals surface area contributed by atoms with Gasteiger partial charge in [-0.25, -0.2) is 4.79 Å². The highest BCUT2D eigenvalue weighted by atomic mass is 79.9. The molecule has 2 N–H and O–H groups in total. The minimum atomic E-state index is -5.31. The van der Waals surface area contributed by atoms with Crippen LogP contribution in [0.4, 0.5) is 13.2 Å². The number of Topliss-reactive ketones (excluding diaryl/α,β-unsaturated/α-hetero) is 1. The number of aliphatic carboxylic acids is 1. The number of amides is 2. The molecular formula is C31H28BrF3N2O7. The maximum Gasteiger partial charge on any atom is 0.492 e. The first-order valence-electron chi connectivity index (χ1n) is 13.8. The van der Waals surface area contributed by atoms with Crippen molar-refractivity contribution in [2.45, 2.75) is 49.7 Å². The molecule has 0 spiro atoms. The van der Waals surface area contributed by atoms with E-state index in [-0.39, 0.29) is 31.6 Å². The Hall–Kier alpha value is -3.84. The number of unbranched alkanes of at least 4 members (excludes halogenated alkanes) is 1. The lowest BCUT2D eigenvalue weighted by atomic mass is 9.63. The Bertz CT molecular complexity index is 1580. The fourth-order valence-electron chi connectivity index (χ4n) is 7.10. The first kappa shape index (κ1) is 31.6. The van der Waals surface area contributed by atoms with E-state index >= 15 is 0 Å². The summed E-state index contributed by atoms with van der Waals surface area (Å²) in [6, 6.07) is 16.9. The van der Waals surface area contributed by atoms with Crippen molar-refractivity contribution in [3.63, 3.8) is 0 Å². The number of carbonyl (C=O) groups is 5. The topological polar surface area (TPSA) is 130 Å². The number of fused-ring (bicyclic) bond motifs is 5. The van der Waals surface area contributed by atoms with E-state index < -0.39 is 57.0 Å². The summed E-state index contributed by atoms with van der Waals surface area (Å²) in [7, 11) is 0. The van der Waals surface area contributed by atoms with Crippen molar-refractivity contribution in [2.24, 2.45) is 16.7 Å². The van der Waals surface area contributed by atoms with E-state index in [2.05, 4.69) is 20.8 Å². The lowest BCUT2D eigenvalue weighted by molar-refractivity contribution is -0.209. The van der Waals surface area contributed by atoms with Crippen molar-refractivity contribution < 1.29 is 47.1 Å². The van der Waals surface area contributed by atoms with Crippen LogP contribution in [-0.2, 0) is 28.8 Å². The van der Waals surface area contributed by atoms with Gasteiger partial charge in [-0.05, 0) is 55.4 Å². The van der Waals surface area contributed by atoms with E-state index in [4.69, 9.17) is 0 Å². The summed E-state index contributed by atoms with van der Waals surface area (Å²) < 4.78 is 35.6. The number of hydrogen-bond donors (Lipinski definition) is 2. The molecule has 1 aliphatic heterocycles. The van der Waals surface area contributed by atoms with Crippen molar-refractivity contribution in [2.75, 3.05) is 6.54 Å². The highest BCUT2D eigenvalue weighted by molar-refractivity contribution is 9.10. The average Bonchev–Trinajstić information content (AvgIpc) is 3.36. The first-order chi connectivity index (χ1) is 20.6. The number of hydrogen-bond acceptors (Lipinski definition) is 7. The molecule has 1 saturated carbocycles. The van der Waals surface area contributed by atoms with E-state index in [0.29, 0.717) is 11.1 Å². The van der Waals surface area contributed by atoms with Gasteiger partial charge in [-0.3, -0.25) is 24.1 Å². The van der Waals surface area contributed by atoms with Crippen molar-refractivity contribution in [1.29, 1.82) is 0 Å². The monoisotopic (exact) mass is 676 g/mol. The van der Waals surface area contributed by atoms with E-state index in [1.54, 1.807) is 19.3 Å². The number of halogens is 4. The first-order valence-corrected chi connectivity index (χ1v) is 14.6. The van der Waals surface area contributed by atoms with Gasteiger partial charge in [0.05, 0.1) is 16.7 Å². The summed E-state index contributed by atoms with van der Waals surface area (Å²) in [5, 5.41) is 9.31. The maximum atomic E-state index is 14.4. The van der Waals surface area contributed by atoms with Crippen LogP contribution in [0.2, 0.25) is 0 Å². The molecule has 9 nitrogen and oxygen atoms in total. The van der Waals surface area contributed by atoms with Gasteiger partial charge >= 0.3 is 18.1 Å². The summed E-state index contributed by atoms with van der Waals surface area (Å²) in [5.74, 6) is -6.56. The third-order valence-electron chi connectivity index (χ3n) is 9.04. The SMILES string of the molecule is CC12C(=O)C(C)(C(c3ccccc3)=C1c1ccccc1)C1(Br)C(=O)N(CCCCC(NOC(=O)C(F)(F)F)C(=O)O)C(=O)C21. The molecule has 5 unspecified atom stereocenters. The van der Waals surface area contributed by atoms with Gasteiger partial charge in [-0.1, -0.05) is 76.6 Å². The molecule has 2 aliphatic carbocycles. The molecule has 2 aromatic rings. The van der Waals surface area contributed by atoms with E-state index in [1.807, 2.05) is 60.7 Å². The number of benzene rings is 2. The number of carboxylic acid groups (broad SMARTS) is 1. The van der Waals surface area contributed by atoms with Gasteiger partial charge < -0.3 is 9.94 Å². The Morgan fingerprint density at radius 3 is 2.05 bits per heavy atom. The molecular weight excluding hydrogens is 649 g/mol. The second kappa shape index (κ2) is 11.0. The van der Waals surface area contributed by atoms with Crippen molar-refractivity contribution in [3.05, 3.63) is 71.8 Å². The van der Waals surface area contributed by atoms with E-state index in [1.165, 1.54) is 0 Å². The molecule has 13 heteroatoms. The van der Waals surface area contributed by atoms with Crippen LogP contribution in [0.3, 0.4) is 0 Å². The zero-order chi connectivity index (χ0) is 32.2. The normalized spacial score (nSPS) is 28.5. The number of hydroxylamine groups is 1. The number of carbonyl (C=O) groups excluding carboxylic acids is 4. The fourth-order valence-corrected chi connectivity index (χ4v) is 8.35. The van der Waals surface area contributed by atoms with Crippen LogP contribution in [0.25, 0.3) is 11.1 Å². The quantitative estimate of drug-likeness (QED) is 0.162. The number of carboxylic acids is 1. The van der Waals surface area contributed by atoms with Gasteiger partial charge in [0.25, 0.3) is 0 Å². The summed E-state index contributed by atoms with van der Waals surface area (Å²) in [4.78, 5) is 69.9. The van der Waals surface area contributed by atoms with Crippen LogP contribution >= 0.6 is 15.9 Å². The van der Waals surface area contributed by atoms with Crippen LogP contribution in [0, 0.1) is 16.7 Å². The molecule has 2 fully saturated rings. The second-order valence-electron chi connectivity index (χ2n) is 11.5. The van der Waals surface area contributed by atoms with Gasteiger partial charge in [-0.2, -0.15) is 13.2 Å². The van der Waals surface area contributed by atoms with Gasteiger partial charge in [0.1, 0.15) is 10.4 Å². The number of likely N-dealkylation sites (tertiary alicyclic amines) is 1. The van der Waals surface area contributed by atoms with Gasteiger partial charge in [0, 0.05) is 6.54 Å². The highest BCUT2D eigenvalue weighted by Gasteiger charge is 2.85. The minimum Gasteiger partial charge on any atom is -0.480 e. The minimum absolute atomic E-state index is 0.0563.